The van der Waals surface area contributed by atoms with E-state index in [-0.39, 0.29) is 11.9 Å². The lowest BCUT2D eigenvalue weighted by molar-refractivity contribution is 0.102. The predicted molar refractivity (Wildman–Crippen MR) is 127 cm³/mol. The molecule has 0 fully saturated rings. The van der Waals surface area contributed by atoms with E-state index in [2.05, 4.69) is 45.4 Å². The van der Waals surface area contributed by atoms with Crippen molar-refractivity contribution in [3.63, 3.8) is 0 Å². The summed E-state index contributed by atoms with van der Waals surface area (Å²) in [7, 11) is 0. The zero-order chi connectivity index (χ0) is 20.9. The third-order valence-electron chi connectivity index (χ3n) is 4.79. The van der Waals surface area contributed by atoms with Crippen LogP contribution >= 0.6 is 22.7 Å². The van der Waals surface area contributed by atoms with Crippen LogP contribution in [0.3, 0.4) is 0 Å². The lowest BCUT2D eigenvalue weighted by Gasteiger charge is -2.20. The van der Waals surface area contributed by atoms with Gasteiger partial charge < -0.3 is 10.6 Å². The fourth-order valence-corrected chi connectivity index (χ4v) is 4.98. The number of rotatable bonds is 7. The summed E-state index contributed by atoms with van der Waals surface area (Å²) in [5.74, 6) is 0.717. The Morgan fingerprint density at radius 2 is 1.93 bits per heavy atom. The summed E-state index contributed by atoms with van der Waals surface area (Å²) in [5.41, 5.74) is 3.82. The van der Waals surface area contributed by atoms with Gasteiger partial charge in [-0.3, -0.25) is 4.79 Å². The topological polar surface area (TPSA) is 54.0 Å². The predicted octanol–water partition coefficient (Wildman–Crippen LogP) is 6.53. The first-order valence-corrected chi connectivity index (χ1v) is 11.6. The van der Waals surface area contributed by atoms with Crippen LogP contribution in [0.5, 0.6) is 0 Å². The summed E-state index contributed by atoms with van der Waals surface area (Å²) < 4.78 is 0. The van der Waals surface area contributed by atoms with Crippen molar-refractivity contribution in [1.29, 1.82) is 0 Å². The molecule has 4 nitrogen and oxygen atoms in total. The number of aryl methyl sites for hydroxylation is 2. The lowest BCUT2D eigenvalue weighted by atomic mass is 10.0. The van der Waals surface area contributed by atoms with E-state index in [1.807, 2.05) is 55.5 Å². The Bertz CT molecular complexity index is 1120. The number of nitrogens with one attached hydrogen (secondary N) is 2. The SMILES string of the molecule is CCc1cc(C(Nc2cccc(C)n2)c2ccsc2)c(NC(=O)c2ccccc2)s1. The van der Waals surface area contributed by atoms with Crippen LogP contribution in [0, 0.1) is 6.92 Å². The Morgan fingerprint density at radius 1 is 1.10 bits per heavy atom. The van der Waals surface area contributed by atoms with E-state index in [1.54, 1.807) is 22.7 Å². The molecule has 0 aliphatic rings. The number of carbonyl (C=O) groups excluding carboxylic acids is 1. The number of anilines is 2. The van der Waals surface area contributed by atoms with Crippen molar-refractivity contribution >= 4 is 39.4 Å². The van der Waals surface area contributed by atoms with Crippen LogP contribution in [0.2, 0.25) is 0 Å². The Morgan fingerprint density at radius 3 is 2.63 bits per heavy atom. The normalized spacial score (nSPS) is 11.8. The molecule has 0 spiro atoms. The first-order valence-electron chi connectivity index (χ1n) is 9.85. The van der Waals surface area contributed by atoms with Gasteiger partial charge >= 0.3 is 0 Å². The molecule has 0 bridgehead atoms. The molecule has 3 heterocycles. The highest BCUT2D eigenvalue weighted by atomic mass is 32.1. The summed E-state index contributed by atoms with van der Waals surface area (Å²) in [5, 5.41) is 11.8. The number of carbonyl (C=O) groups is 1. The molecule has 6 heteroatoms. The maximum atomic E-state index is 12.8. The largest absolute Gasteiger partial charge is 0.359 e. The number of pyridine rings is 1. The van der Waals surface area contributed by atoms with Crippen molar-refractivity contribution in [3.05, 3.63) is 98.7 Å². The molecule has 2 N–H and O–H groups in total. The lowest BCUT2D eigenvalue weighted by Crippen LogP contribution is -2.16. The smallest absolute Gasteiger partial charge is 0.256 e. The molecule has 30 heavy (non-hydrogen) atoms. The third-order valence-corrected chi connectivity index (χ3v) is 6.70. The average Bonchev–Trinajstić information content (AvgIpc) is 3.43. The highest BCUT2D eigenvalue weighted by Gasteiger charge is 2.23. The molecule has 4 aromatic rings. The van der Waals surface area contributed by atoms with Crippen molar-refractivity contribution in [1.82, 2.24) is 4.98 Å². The van der Waals surface area contributed by atoms with Crippen LogP contribution in [-0.4, -0.2) is 10.9 Å². The van der Waals surface area contributed by atoms with Crippen LogP contribution in [0.1, 0.15) is 45.0 Å². The minimum Gasteiger partial charge on any atom is -0.359 e. The van der Waals surface area contributed by atoms with E-state index in [9.17, 15) is 4.79 Å². The average molecular weight is 434 g/mol. The minimum absolute atomic E-state index is 0.0981. The number of amides is 1. The van der Waals surface area contributed by atoms with Crippen LogP contribution in [-0.2, 0) is 6.42 Å². The number of nitrogens with zero attached hydrogens (tertiary/aromatic N) is 1. The fraction of sp³-hybridized carbons (Fsp3) is 0.167. The van der Waals surface area contributed by atoms with Crippen molar-refractivity contribution in [2.75, 3.05) is 10.6 Å². The summed E-state index contributed by atoms with van der Waals surface area (Å²) >= 11 is 3.29. The van der Waals surface area contributed by atoms with E-state index in [0.29, 0.717) is 5.56 Å². The minimum atomic E-state index is -0.104. The van der Waals surface area contributed by atoms with Crippen LogP contribution in [0.15, 0.2) is 71.4 Å². The quantitative estimate of drug-likeness (QED) is 0.348. The zero-order valence-electron chi connectivity index (χ0n) is 16.9. The Kier molecular flexibility index (Phi) is 6.26. The summed E-state index contributed by atoms with van der Waals surface area (Å²) in [6, 6.07) is 19.5. The number of hydrogen-bond acceptors (Lipinski definition) is 5. The maximum Gasteiger partial charge on any atom is 0.256 e. The molecule has 3 aromatic heterocycles. The van der Waals surface area contributed by atoms with Gasteiger partial charge in [0.2, 0.25) is 0 Å². The maximum absolute atomic E-state index is 12.8. The molecule has 0 aliphatic heterocycles. The number of benzene rings is 1. The summed E-state index contributed by atoms with van der Waals surface area (Å²) in [6.07, 6.45) is 0.915. The number of aromatic nitrogens is 1. The Labute approximate surface area is 184 Å². The molecule has 4 rings (SSSR count). The molecule has 1 amide bonds. The van der Waals surface area contributed by atoms with Crippen molar-refractivity contribution in [2.24, 2.45) is 0 Å². The Hall–Kier alpha value is -2.96. The molecule has 1 atom stereocenters. The molecular weight excluding hydrogens is 410 g/mol. The van der Waals surface area contributed by atoms with Gasteiger partial charge in [-0.1, -0.05) is 31.2 Å². The molecule has 0 radical (unpaired) electrons. The Balaban J connectivity index is 1.71. The van der Waals surface area contributed by atoms with Crippen LogP contribution in [0.4, 0.5) is 10.8 Å². The number of thiophene rings is 2. The first kappa shape index (κ1) is 20.3. The van der Waals surface area contributed by atoms with E-state index >= 15 is 0 Å². The van der Waals surface area contributed by atoms with E-state index in [1.165, 1.54) is 4.88 Å². The van der Waals surface area contributed by atoms with Gasteiger partial charge in [-0.25, -0.2) is 4.98 Å². The molecule has 1 aromatic carbocycles. The highest BCUT2D eigenvalue weighted by molar-refractivity contribution is 7.16. The van der Waals surface area contributed by atoms with Gasteiger partial charge in [-0.2, -0.15) is 11.3 Å². The second kappa shape index (κ2) is 9.24. The van der Waals surface area contributed by atoms with Crippen molar-refractivity contribution in [2.45, 2.75) is 26.3 Å². The van der Waals surface area contributed by atoms with Gasteiger partial charge in [0.25, 0.3) is 5.91 Å². The van der Waals surface area contributed by atoms with E-state index < -0.39 is 0 Å². The first-order chi connectivity index (χ1) is 14.6. The molecular formula is C24H23N3OS2. The van der Waals surface area contributed by atoms with Crippen LogP contribution in [0.25, 0.3) is 0 Å². The monoisotopic (exact) mass is 433 g/mol. The molecule has 1 unspecified atom stereocenters. The van der Waals surface area contributed by atoms with E-state index in [0.717, 1.165) is 34.1 Å². The van der Waals surface area contributed by atoms with Gasteiger partial charge in [0.05, 0.1) is 6.04 Å². The summed E-state index contributed by atoms with van der Waals surface area (Å²) in [4.78, 5) is 18.7. The summed E-state index contributed by atoms with van der Waals surface area (Å²) in [6.45, 7) is 4.11. The van der Waals surface area contributed by atoms with Gasteiger partial charge in [0.15, 0.2) is 0 Å². The van der Waals surface area contributed by atoms with Crippen molar-refractivity contribution in [3.8, 4) is 0 Å². The second-order valence-electron chi connectivity index (χ2n) is 6.97. The van der Waals surface area contributed by atoms with Crippen molar-refractivity contribution < 1.29 is 4.79 Å². The van der Waals surface area contributed by atoms with Gasteiger partial charge in [-0.15, -0.1) is 11.3 Å². The van der Waals surface area contributed by atoms with Gasteiger partial charge in [-0.05, 0) is 66.1 Å². The van der Waals surface area contributed by atoms with Crippen LogP contribution < -0.4 is 10.6 Å². The van der Waals surface area contributed by atoms with Gasteiger partial charge in [0.1, 0.15) is 10.8 Å². The standard InChI is InChI=1S/C24H23N3OS2/c1-3-19-14-20(24(30-19)27-23(28)17-9-5-4-6-10-17)22(18-12-13-29-15-18)26-21-11-7-8-16(2)25-21/h4-15,22H,3H2,1-2H3,(H,25,26)(H,27,28). The highest BCUT2D eigenvalue weighted by Crippen LogP contribution is 2.38. The third kappa shape index (κ3) is 4.61. The van der Waals surface area contributed by atoms with E-state index in [4.69, 9.17) is 0 Å². The van der Waals surface area contributed by atoms with Gasteiger partial charge in [0, 0.05) is 21.7 Å². The number of hydrogen-bond donors (Lipinski definition) is 2. The molecule has 0 aliphatic carbocycles. The second-order valence-corrected chi connectivity index (χ2v) is 8.89. The fourth-order valence-electron chi connectivity index (χ4n) is 3.26. The zero-order valence-corrected chi connectivity index (χ0v) is 18.5. The molecule has 0 saturated carbocycles. The molecule has 0 saturated heterocycles. The molecule has 152 valence electrons.